The van der Waals surface area contributed by atoms with Gasteiger partial charge in [-0.2, -0.15) is 0 Å². The van der Waals surface area contributed by atoms with Crippen molar-refractivity contribution in [3.8, 4) is 0 Å². The molecule has 1 fully saturated rings. The fraction of sp³-hybridized carbons (Fsp3) is 0.182. The van der Waals surface area contributed by atoms with Crippen molar-refractivity contribution in [2.75, 3.05) is 20.3 Å². The molecule has 0 aromatic heterocycles. The summed E-state index contributed by atoms with van der Waals surface area (Å²) in [5.74, 6) is -2.95. The first kappa shape index (κ1) is 48.4. The molecule has 70 heavy (non-hydrogen) atoms. The van der Waals surface area contributed by atoms with Gasteiger partial charge in [-0.3, -0.25) is 0 Å². The summed E-state index contributed by atoms with van der Waals surface area (Å²) in [6, 6.07) is 50.0. The number of alkyl halides is 2. The molecule has 1 heterocycles. The predicted octanol–water partition coefficient (Wildman–Crippen LogP) is 9.14. The van der Waals surface area contributed by atoms with E-state index in [4.69, 9.17) is 23.7 Å². The summed E-state index contributed by atoms with van der Waals surface area (Å²) in [5.41, 5.74) is 0.997. The van der Waals surface area contributed by atoms with Gasteiger partial charge in [0.25, 0.3) is 0 Å². The van der Waals surface area contributed by atoms with E-state index < -0.39 is 80.1 Å². The fourth-order valence-corrected chi connectivity index (χ4v) is 7.76. The average Bonchev–Trinajstić information content (AvgIpc) is 3.66. The van der Waals surface area contributed by atoms with E-state index in [1.807, 2.05) is 97.1 Å². The number of benzene rings is 8. The van der Waals surface area contributed by atoms with Gasteiger partial charge in [-0.25, -0.2) is 28.0 Å². The van der Waals surface area contributed by atoms with Gasteiger partial charge in [-0.15, -0.1) is 0 Å². The van der Waals surface area contributed by atoms with Crippen LogP contribution in [0.3, 0.4) is 0 Å². The summed E-state index contributed by atoms with van der Waals surface area (Å²) < 4.78 is 55.8. The van der Waals surface area contributed by atoms with Gasteiger partial charge in [-0.1, -0.05) is 126 Å². The highest BCUT2D eigenvalue weighted by Gasteiger charge is 2.48. The lowest BCUT2D eigenvalue weighted by molar-refractivity contribution is -0.122. The number of aliphatic hydroxyl groups excluding tert-OH is 2. The van der Waals surface area contributed by atoms with Crippen molar-refractivity contribution >= 4 is 73.2 Å². The average molecular weight is 950 g/mol. The smallest absolute Gasteiger partial charge is 0.338 e. The molecule has 0 radical (unpaired) electrons. The van der Waals surface area contributed by atoms with Crippen molar-refractivity contribution in [2.24, 2.45) is 5.16 Å². The van der Waals surface area contributed by atoms with Crippen LogP contribution in [-0.2, 0) is 28.5 Å². The second-order valence-corrected chi connectivity index (χ2v) is 16.1. The number of hydrogen-bond acceptors (Lipinski definition) is 13. The predicted molar refractivity (Wildman–Crippen MR) is 257 cm³/mol. The molecule has 0 amide bonds. The molecule has 0 saturated carbocycles. The summed E-state index contributed by atoms with van der Waals surface area (Å²) in [4.78, 5) is 55.1. The third-order valence-electron chi connectivity index (χ3n) is 11.5. The Bertz CT molecular complexity index is 3200. The summed E-state index contributed by atoms with van der Waals surface area (Å²) >= 11 is 0. The number of aliphatic hydroxyl groups is 2. The van der Waals surface area contributed by atoms with Crippen LogP contribution in [0.5, 0.6) is 0 Å². The number of esters is 4. The zero-order valence-corrected chi connectivity index (χ0v) is 37.4. The number of carbonyl (C=O) groups is 4. The lowest BCUT2D eigenvalue weighted by Gasteiger charge is -2.24. The van der Waals surface area contributed by atoms with E-state index in [9.17, 15) is 38.2 Å². The first-order chi connectivity index (χ1) is 33.9. The number of fused-ring (bicyclic) bond motifs is 4. The highest BCUT2D eigenvalue weighted by molar-refractivity contribution is 5.98. The topological polar surface area (TPSA) is 176 Å². The van der Waals surface area contributed by atoms with Crippen molar-refractivity contribution in [1.82, 2.24) is 0 Å². The normalized spacial score (nSPS) is 17.8. The Hall–Kier alpha value is -8.11. The Morgan fingerprint density at radius 3 is 1.44 bits per heavy atom. The number of hydrogen-bond donors (Lipinski definition) is 2. The summed E-state index contributed by atoms with van der Waals surface area (Å²) in [6.45, 7) is -0.999. The first-order valence-electron chi connectivity index (χ1n) is 22.0. The van der Waals surface area contributed by atoms with Crippen molar-refractivity contribution in [1.29, 1.82) is 0 Å². The summed E-state index contributed by atoms with van der Waals surface area (Å²) in [5, 5.41) is 30.9. The minimum atomic E-state index is -2.02. The summed E-state index contributed by atoms with van der Waals surface area (Å²) in [7, 11) is 1.22. The third-order valence-corrected chi connectivity index (χ3v) is 11.5. The highest BCUT2D eigenvalue weighted by Crippen LogP contribution is 2.28. The highest BCUT2D eigenvalue weighted by atomic mass is 19.1. The van der Waals surface area contributed by atoms with Gasteiger partial charge in [0, 0.05) is 0 Å². The van der Waals surface area contributed by atoms with Crippen molar-refractivity contribution in [2.45, 2.75) is 43.0 Å². The molecule has 7 atom stereocenters. The number of rotatable bonds is 14. The lowest BCUT2D eigenvalue weighted by atomic mass is 10.1. The number of nitrogens with zero attached hydrogens (tertiary/aromatic N) is 1. The van der Waals surface area contributed by atoms with E-state index in [1.54, 1.807) is 72.8 Å². The molecule has 2 N–H and O–H groups in total. The van der Waals surface area contributed by atoms with Gasteiger partial charge in [0.05, 0.1) is 28.5 Å². The molecule has 8 aromatic rings. The minimum Gasteiger partial charge on any atom is -0.459 e. The maximum absolute atomic E-state index is 14.8. The van der Waals surface area contributed by atoms with Crippen molar-refractivity contribution in [3.05, 3.63) is 192 Å². The van der Waals surface area contributed by atoms with E-state index in [1.165, 1.54) is 7.11 Å². The maximum atomic E-state index is 14.8. The molecule has 1 aliphatic heterocycles. The Morgan fingerprint density at radius 1 is 0.600 bits per heavy atom. The number of oxime groups is 1. The largest absolute Gasteiger partial charge is 0.459 e. The van der Waals surface area contributed by atoms with Gasteiger partial charge < -0.3 is 38.7 Å². The molecule has 1 aliphatic rings. The maximum Gasteiger partial charge on any atom is 0.338 e. The molecule has 0 aliphatic carbocycles. The van der Waals surface area contributed by atoms with Gasteiger partial charge >= 0.3 is 23.9 Å². The van der Waals surface area contributed by atoms with E-state index in [0.29, 0.717) is 5.56 Å². The molecule has 13 nitrogen and oxygen atoms in total. The standard InChI is InChI=1S/C28H24FNO6.C27H21FO6/c1-34-30-16-24(29)26(36-28(33)23-13-11-19-7-3-5-9-21(19)15-23)25(31)17-35-27(32)22-12-10-18-6-2-4-8-20(18)14-22;28-23-24(34-26(30)21-12-10-17-6-2-4-8-19(17)14-21)22(33-27(23)31)15-32-25(29)20-11-9-16-5-1-3-7-18(16)13-20/h2-16,24-26,31H,17H2,1H3;1-14,22-24,27,31H,15H2/t24-,25-,26+;22-,23+,24-,27?/m11/s1. The molecular formula is C55H45F2NO12. The van der Waals surface area contributed by atoms with Crippen LogP contribution in [0, 0.1) is 0 Å². The number of halogens is 2. The zero-order valence-electron chi connectivity index (χ0n) is 37.4. The number of carbonyl (C=O) groups excluding carboxylic acids is 4. The van der Waals surface area contributed by atoms with Crippen LogP contribution >= 0.6 is 0 Å². The van der Waals surface area contributed by atoms with E-state index >= 15 is 0 Å². The molecule has 15 heteroatoms. The molecule has 0 spiro atoms. The fourth-order valence-electron chi connectivity index (χ4n) is 7.76. The van der Waals surface area contributed by atoms with E-state index in [2.05, 4.69) is 9.99 Å². The van der Waals surface area contributed by atoms with Gasteiger partial charge in [0.2, 0.25) is 0 Å². The molecule has 1 unspecified atom stereocenters. The van der Waals surface area contributed by atoms with E-state index in [0.717, 1.165) is 49.3 Å². The minimum absolute atomic E-state index is 0.176. The Kier molecular flexibility index (Phi) is 15.4. The molecule has 0 bridgehead atoms. The molecule has 356 valence electrons. The van der Waals surface area contributed by atoms with Gasteiger partial charge in [-0.05, 0) is 91.6 Å². The molecule has 8 aromatic carbocycles. The molecule has 1 saturated heterocycles. The van der Waals surface area contributed by atoms with E-state index in [-0.39, 0.29) is 16.7 Å². The summed E-state index contributed by atoms with van der Waals surface area (Å²) in [6.07, 6.45) is -11.0. The van der Waals surface area contributed by atoms with Crippen molar-refractivity contribution in [3.63, 3.8) is 0 Å². The van der Waals surface area contributed by atoms with Gasteiger partial charge in [0.15, 0.2) is 30.8 Å². The monoisotopic (exact) mass is 949 g/mol. The second kappa shape index (κ2) is 22.3. The van der Waals surface area contributed by atoms with Crippen LogP contribution in [-0.4, -0.2) is 104 Å². The van der Waals surface area contributed by atoms with Crippen LogP contribution < -0.4 is 0 Å². The van der Waals surface area contributed by atoms with Crippen LogP contribution in [0.4, 0.5) is 8.78 Å². The quantitative estimate of drug-likeness (QED) is 0.0458. The molecular weight excluding hydrogens is 905 g/mol. The van der Waals surface area contributed by atoms with Crippen LogP contribution in [0.2, 0.25) is 0 Å². The molecule has 9 rings (SSSR count). The van der Waals surface area contributed by atoms with Crippen LogP contribution in [0.25, 0.3) is 43.1 Å². The second-order valence-electron chi connectivity index (χ2n) is 16.1. The Balaban J connectivity index is 0.000000188. The van der Waals surface area contributed by atoms with Crippen LogP contribution in [0.15, 0.2) is 175 Å². The lowest BCUT2D eigenvalue weighted by Crippen LogP contribution is -2.43. The Labute approximate surface area is 399 Å². The number of ether oxygens (including phenoxy) is 5. The zero-order chi connectivity index (χ0) is 49.1. The first-order valence-corrected chi connectivity index (χ1v) is 22.0. The van der Waals surface area contributed by atoms with Crippen molar-refractivity contribution < 1.29 is 66.7 Å². The SMILES string of the molecule is CON=C[C@@H](F)[C@H](OC(=O)c1ccc2ccccc2c1)[C@H](O)COC(=O)c1ccc2ccccc2c1.O=C(OC[C@H]1OC(O)[C@@H](F)[C@@H]1OC(=O)c1ccc2ccccc2c1)c1ccc2ccccc2c1. The Morgan fingerprint density at radius 2 is 1.00 bits per heavy atom. The third kappa shape index (κ3) is 11.6. The van der Waals surface area contributed by atoms with Gasteiger partial charge in [0.1, 0.15) is 32.5 Å². The van der Waals surface area contributed by atoms with Crippen LogP contribution in [0.1, 0.15) is 41.4 Å².